The quantitative estimate of drug-likeness (QED) is 0.874. The first-order valence-electron chi connectivity index (χ1n) is 7.27. The number of benzene rings is 2. The van der Waals surface area contributed by atoms with Crippen molar-refractivity contribution in [1.82, 2.24) is 5.32 Å². The lowest BCUT2D eigenvalue weighted by atomic mass is 9.92. The number of nitriles is 1. The smallest absolute Gasteiger partial charge is 0.124 e. The topological polar surface area (TPSA) is 45.0 Å². The van der Waals surface area contributed by atoms with Gasteiger partial charge >= 0.3 is 0 Å². The Balaban J connectivity index is 2.23. The van der Waals surface area contributed by atoms with Gasteiger partial charge in [-0.2, -0.15) is 5.26 Å². The van der Waals surface area contributed by atoms with Gasteiger partial charge in [-0.1, -0.05) is 30.3 Å². The molecule has 0 saturated carbocycles. The molecule has 0 radical (unpaired) electrons. The van der Waals surface area contributed by atoms with E-state index >= 15 is 0 Å². The molecule has 0 atom stereocenters. The molecule has 0 aliphatic heterocycles. The molecule has 2 rings (SSSR count). The minimum atomic E-state index is -0.347. The number of nitrogens with one attached hydrogen (secondary N) is 1. The summed E-state index contributed by atoms with van der Waals surface area (Å²) in [4.78, 5) is 0. The van der Waals surface area contributed by atoms with Crippen molar-refractivity contribution in [3.63, 3.8) is 0 Å². The maximum Gasteiger partial charge on any atom is 0.124 e. The van der Waals surface area contributed by atoms with Crippen LogP contribution in [0.4, 0.5) is 0 Å². The predicted molar refractivity (Wildman–Crippen MR) is 86.2 cm³/mol. The van der Waals surface area contributed by atoms with Crippen molar-refractivity contribution in [2.75, 3.05) is 13.7 Å². The Morgan fingerprint density at radius 2 is 1.95 bits per heavy atom. The van der Waals surface area contributed by atoms with Gasteiger partial charge in [-0.05, 0) is 44.2 Å². The lowest BCUT2D eigenvalue weighted by molar-refractivity contribution is 0.262. The first kappa shape index (κ1) is 15.3. The van der Waals surface area contributed by atoms with Gasteiger partial charge in [0.2, 0.25) is 0 Å². The third-order valence-corrected chi connectivity index (χ3v) is 3.64. The molecule has 1 N–H and O–H groups in total. The zero-order valence-electron chi connectivity index (χ0n) is 12.9. The summed E-state index contributed by atoms with van der Waals surface area (Å²) in [5.74, 6) is 0.900. The first-order valence-corrected chi connectivity index (χ1v) is 7.27. The summed E-state index contributed by atoms with van der Waals surface area (Å²) < 4.78 is 5.94. The second kappa shape index (κ2) is 6.60. The molecule has 21 heavy (non-hydrogen) atoms. The largest absolute Gasteiger partial charge is 0.493 e. The first-order chi connectivity index (χ1) is 10.1. The Morgan fingerprint density at radius 3 is 2.67 bits per heavy atom. The van der Waals surface area contributed by atoms with E-state index in [1.54, 1.807) is 0 Å². The van der Waals surface area contributed by atoms with Gasteiger partial charge in [0, 0.05) is 12.1 Å². The molecule has 2 aromatic carbocycles. The van der Waals surface area contributed by atoms with Crippen molar-refractivity contribution in [3.05, 3.63) is 42.0 Å². The normalized spacial score (nSPS) is 11.3. The monoisotopic (exact) mass is 282 g/mol. The Hall–Kier alpha value is -2.05. The molecule has 110 valence electrons. The molecule has 0 heterocycles. The number of ether oxygens (including phenoxy) is 1. The summed E-state index contributed by atoms with van der Waals surface area (Å²) in [7, 11) is 1.93. The highest BCUT2D eigenvalue weighted by atomic mass is 16.5. The SMILES string of the molecule is CNCc1c(OCCC(C)(C)C#N)ccc2ccccc12. The van der Waals surface area contributed by atoms with E-state index in [0.717, 1.165) is 18.7 Å². The lowest BCUT2D eigenvalue weighted by Gasteiger charge is -2.18. The fourth-order valence-corrected chi connectivity index (χ4v) is 2.28. The fourth-order valence-electron chi connectivity index (χ4n) is 2.28. The predicted octanol–water partition coefficient (Wildman–Crippen LogP) is 3.88. The van der Waals surface area contributed by atoms with E-state index in [9.17, 15) is 0 Å². The number of hydrogen-bond acceptors (Lipinski definition) is 3. The second-order valence-electron chi connectivity index (χ2n) is 5.89. The van der Waals surface area contributed by atoms with Crippen LogP contribution in [0.3, 0.4) is 0 Å². The van der Waals surface area contributed by atoms with Crippen LogP contribution in [0.1, 0.15) is 25.8 Å². The van der Waals surface area contributed by atoms with Gasteiger partial charge in [0.05, 0.1) is 18.1 Å². The molecular weight excluding hydrogens is 260 g/mol. The highest BCUT2D eigenvalue weighted by molar-refractivity contribution is 5.87. The molecule has 0 saturated heterocycles. The molecule has 0 spiro atoms. The van der Waals surface area contributed by atoms with E-state index in [-0.39, 0.29) is 5.41 Å². The summed E-state index contributed by atoms with van der Waals surface area (Å²) in [6.45, 7) is 5.18. The second-order valence-corrected chi connectivity index (χ2v) is 5.89. The summed E-state index contributed by atoms with van der Waals surface area (Å²) in [6, 6.07) is 14.7. The van der Waals surface area contributed by atoms with Crippen LogP contribution in [-0.4, -0.2) is 13.7 Å². The minimum Gasteiger partial charge on any atom is -0.493 e. The van der Waals surface area contributed by atoms with Crippen LogP contribution in [0.2, 0.25) is 0 Å². The van der Waals surface area contributed by atoms with Gasteiger partial charge in [0.25, 0.3) is 0 Å². The summed E-state index contributed by atoms with van der Waals surface area (Å²) in [5.41, 5.74) is 0.824. The number of fused-ring (bicyclic) bond motifs is 1. The van der Waals surface area contributed by atoms with E-state index in [4.69, 9.17) is 10.00 Å². The van der Waals surface area contributed by atoms with Crippen molar-refractivity contribution in [3.8, 4) is 11.8 Å². The van der Waals surface area contributed by atoms with Crippen molar-refractivity contribution in [1.29, 1.82) is 5.26 Å². The summed E-state index contributed by atoms with van der Waals surface area (Å²) in [6.07, 6.45) is 0.718. The molecule has 0 unspecified atom stereocenters. The molecular formula is C18H22N2O. The van der Waals surface area contributed by atoms with Crippen LogP contribution in [0.5, 0.6) is 5.75 Å². The molecule has 0 amide bonds. The maximum atomic E-state index is 9.06. The van der Waals surface area contributed by atoms with E-state index < -0.39 is 0 Å². The van der Waals surface area contributed by atoms with Gasteiger partial charge in [-0.3, -0.25) is 0 Å². The molecule has 0 aliphatic carbocycles. The molecule has 3 heteroatoms. The third-order valence-electron chi connectivity index (χ3n) is 3.64. The molecule has 3 nitrogen and oxygen atoms in total. The molecule has 0 bridgehead atoms. The van der Waals surface area contributed by atoms with Crippen molar-refractivity contribution >= 4 is 10.8 Å². The highest BCUT2D eigenvalue weighted by Gasteiger charge is 2.17. The van der Waals surface area contributed by atoms with E-state index in [1.807, 2.05) is 39.1 Å². The van der Waals surface area contributed by atoms with Crippen LogP contribution < -0.4 is 10.1 Å². The number of hydrogen-bond donors (Lipinski definition) is 1. The van der Waals surface area contributed by atoms with Gasteiger partial charge in [0.15, 0.2) is 0 Å². The molecule has 2 aromatic rings. The average molecular weight is 282 g/mol. The Labute approximate surface area is 126 Å². The maximum absolute atomic E-state index is 9.06. The fraction of sp³-hybridized carbons (Fsp3) is 0.389. The number of rotatable bonds is 6. The Kier molecular flexibility index (Phi) is 4.82. The van der Waals surface area contributed by atoms with Crippen LogP contribution in [0.25, 0.3) is 10.8 Å². The standard InChI is InChI=1S/C18H22N2O/c1-18(2,13-19)10-11-21-17-9-8-14-6-4-5-7-15(14)16(17)12-20-3/h4-9,20H,10-12H2,1-3H3. The van der Waals surface area contributed by atoms with Gasteiger partial charge < -0.3 is 10.1 Å². The van der Waals surface area contributed by atoms with Gasteiger partial charge in [-0.15, -0.1) is 0 Å². The average Bonchev–Trinajstić information content (AvgIpc) is 2.49. The molecule has 0 fully saturated rings. The number of nitrogens with zero attached hydrogens (tertiary/aromatic N) is 1. The summed E-state index contributed by atoms with van der Waals surface area (Å²) in [5, 5.41) is 14.7. The van der Waals surface area contributed by atoms with E-state index in [2.05, 4.69) is 29.6 Å². The van der Waals surface area contributed by atoms with Crippen molar-refractivity contribution in [2.24, 2.45) is 5.41 Å². The summed E-state index contributed by atoms with van der Waals surface area (Å²) >= 11 is 0. The molecule has 0 aromatic heterocycles. The van der Waals surface area contributed by atoms with Crippen LogP contribution in [0.15, 0.2) is 36.4 Å². The van der Waals surface area contributed by atoms with E-state index in [1.165, 1.54) is 16.3 Å². The Bertz CT molecular complexity index is 656. The third kappa shape index (κ3) is 3.74. The Morgan fingerprint density at radius 1 is 1.19 bits per heavy atom. The van der Waals surface area contributed by atoms with Crippen LogP contribution in [-0.2, 0) is 6.54 Å². The zero-order valence-corrected chi connectivity index (χ0v) is 12.9. The van der Waals surface area contributed by atoms with Gasteiger partial charge in [0.1, 0.15) is 5.75 Å². The molecule has 0 aliphatic rings. The van der Waals surface area contributed by atoms with Gasteiger partial charge in [-0.25, -0.2) is 0 Å². The van der Waals surface area contributed by atoms with E-state index in [0.29, 0.717) is 6.61 Å². The zero-order chi connectivity index (χ0) is 15.3. The minimum absolute atomic E-state index is 0.347. The van der Waals surface area contributed by atoms with Crippen LogP contribution in [0, 0.1) is 16.7 Å². The highest BCUT2D eigenvalue weighted by Crippen LogP contribution is 2.29. The van der Waals surface area contributed by atoms with Crippen molar-refractivity contribution < 1.29 is 4.74 Å². The lowest BCUT2D eigenvalue weighted by Crippen LogP contribution is -2.14. The van der Waals surface area contributed by atoms with Crippen LogP contribution >= 0.6 is 0 Å². The van der Waals surface area contributed by atoms with Crippen molar-refractivity contribution in [2.45, 2.75) is 26.8 Å².